The van der Waals surface area contributed by atoms with Gasteiger partial charge in [-0.05, 0) is 37.3 Å². The van der Waals surface area contributed by atoms with Gasteiger partial charge in [-0.15, -0.1) is 0 Å². The zero-order chi connectivity index (χ0) is 15.9. The number of carbonyl (C=O) groups is 1. The van der Waals surface area contributed by atoms with Crippen molar-refractivity contribution in [3.8, 4) is 0 Å². The van der Waals surface area contributed by atoms with Gasteiger partial charge < -0.3 is 15.0 Å². The first-order valence-electron chi connectivity index (χ1n) is 8.99. The molecule has 1 N–H and O–H groups in total. The molecule has 4 nitrogen and oxygen atoms in total. The number of ether oxygens (including phenoxy) is 1. The number of anilines is 1. The number of benzene rings is 1. The summed E-state index contributed by atoms with van der Waals surface area (Å²) in [7, 11) is 0. The summed E-state index contributed by atoms with van der Waals surface area (Å²) in [4.78, 5) is 14.3. The van der Waals surface area contributed by atoms with Crippen molar-refractivity contribution < 1.29 is 9.53 Å². The second-order valence-corrected chi connectivity index (χ2v) is 6.81. The molecule has 4 heteroatoms. The lowest BCUT2D eigenvalue weighted by Crippen LogP contribution is -2.34. The minimum Gasteiger partial charge on any atom is -0.371 e. The van der Waals surface area contributed by atoms with Crippen LogP contribution in [-0.2, 0) is 9.53 Å². The Labute approximate surface area is 139 Å². The summed E-state index contributed by atoms with van der Waals surface area (Å²) in [6.07, 6.45) is 7.45. The van der Waals surface area contributed by atoms with Crippen LogP contribution in [-0.4, -0.2) is 38.3 Å². The molecule has 1 unspecified atom stereocenters. The van der Waals surface area contributed by atoms with E-state index in [0.717, 1.165) is 38.9 Å². The van der Waals surface area contributed by atoms with E-state index in [1.165, 1.54) is 24.9 Å². The van der Waals surface area contributed by atoms with Gasteiger partial charge in [0.05, 0.1) is 6.10 Å². The van der Waals surface area contributed by atoms with Crippen LogP contribution in [0.2, 0.25) is 0 Å². The summed E-state index contributed by atoms with van der Waals surface area (Å²) < 4.78 is 5.73. The Morgan fingerprint density at radius 2 is 1.91 bits per heavy atom. The van der Waals surface area contributed by atoms with Crippen molar-refractivity contribution in [1.82, 2.24) is 5.32 Å². The molecule has 1 amide bonds. The SMILES string of the molecule is O=C(COC1CCCCC1)NCC1CCN(c2ccccc2)C1. The molecule has 0 aromatic heterocycles. The van der Waals surface area contributed by atoms with E-state index in [9.17, 15) is 4.79 Å². The van der Waals surface area contributed by atoms with E-state index in [4.69, 9.17) is 4.74 Å². The number of amides is 1. The number of rotatable bonds is 6. The summed E-state index contributed by atoms with van der Waals surface area (Å²) in [5.74, 6) is 0.572. The van der Waals surface area contributed by atoms with Crippen LogP contribution in [0.4, 0.5) is 5.69 Å². The first-order chi connectivity index (χ1) is 11.3. The van der Waals surface area contributed by atoms with Crippen molar-refractivity contribution in [2.75, 3.05) is 31.1 Å². The van der Waals surface area contributed by atoms with Crippen LogP contribution in [0.15, 0.2) is 30.3 Å². The molecule has 1 saturated carbocycles. The van der Waals surface area contributed by atoms with E-state index in [2.05, 4.69) is 34.5 Å². The van der Waals surface area contributed by atoms with Crippen LogP contribution < -0.4 is 10.2 Å². The average Bonchev–Trinajstić information content (AvgIpc) is 3.09. The van der Waals surface area contributed by atoms with Gasteiger partial charge in [0, 0.05) is 25.3 Å². The minimum absolute atomic E-state index is 0.0359. The number of para-hydroxylation sites is 1. The van der Waals surface area contributed by atoms with Crippen LogP contribution in [0.5, 0.6) is 0 Å². The molecule has 1 heterocycles. The second-order valence-electron chi connectivity index (χ2n) is 6.81. The van der Waals surface area contributed by atoms with Crippen molar-refractivity contribution >= 4 is 11.6 Å². The highest BCUT2D eigenvalue weighted by Gasteiger charge is 2.23. The maximum atomic E-state index is 11.9. The first-order valence-corrected chi connectivity index (χ1v) is 8.99. The van der Waals surface area contributed by atoms with Gasteiger partial charge in [0.15, 0.2) is 0 Å². The highest BCUT2D eigenvalue weighted by Crippen LogP contribution is 2.23. The summed E-state index contributed by atoms with van der Waals surface area (Å²) >= 11 is 0. The number of hydrogen-bond donors (Lipinski definition) is 1. The van der Waals surface area contributed by atoms with E-state index < -0.39 is 0 Å². The van der Waals surface area contributed by atoms with Gasteiger partial charge >= 0.3 is 0 Å². The largest absolute Gasteiger partial charge is 0.371 e. The normalized spacial score (nSPS) is 22.3. The summed E-state index contributed by atoms with van der Waals surface area (Å²) in [5, 5.41) is 3.05. The molecule has 1 atom stereocenters. The van der Waals surface area contributed by atoms with Crippen molar-refractivity contribution in [1.29, 1.82) is 0 Å². The standard InChI is InChI=1S/C19H28N2O2/c22-19(15-23-18-9-5-2-6-10-18)20-13-16-11-12-21(14-16)17-7-3-1-4-8-17/h1,3-4,7-8,16,18H,2,5-6,9-15H2,(H,20,22). The zero-order valence-corrected chi connectivity index (χ0v) is 13.9. The Hall–Kier alpha value is -1.55. The molecule has 1 aromatic rings. The maximum Gasteiger partial charge on any atom is 0.246 e. The van der Waals surface area contributed by atoms with E-state index in [0.29, 0.717) is 12.0 Å². The fourth-order valence-corrected chi connectivity index (χ4v) is 3.61. The topological polar surface area (TPSA) is 41.6 Å². The molecule has 1 aliphatic heterocycles. The third-order valence-corrected chi connectivity index (χ3v) is 5.00. The van der Waals surface area contributed by atoms with E-state index >= 15 is 0 Å². The predicted octanol–water partition coefficient (Wildman–Crippen LogP) is 2.98. The number of carbonyl (C=O) groups excluding carboxylic acids is 1. The summed E-state index contributed by atoms with van der Waals surface area (Å²) in [5.41, 5.74) is 1.28. The van der Waals surface area contributed by atoms with Crippen molar-refractivity contribution in [2.45, 2.75) is 44.6 Å². The van der Waals surface area contributed by atoms with Gasteiger partial charge in [0.2, 0.25) is 5.91 Å². The monoisotopic (exact) mass is 316 g/mol. The maximum absolute atomic E-state index is 11.9. The average molecular weight is 316 g/mol. The van der Waals surface area contributed by atoms with Gasteiger partial charge in [-0.2, -0.15) is 0 Å². The molecule has 0 radical (unpaired) electrons. The molecule has 126 valence electrons. The Bertz CT molecular complexity index is 485. The Morgan fingerprint density at radius 3 is 2.70 bits per heavy atom. The lowest BCUT2D eigenvalue weighted by molar-refractivity contribution is -0.128. The molecular formula is C19H28N2O2. The van der Waals surface area contributed by atoms with E-state index in [1.54, 1.807) is 0 Å². The molecule has 0 bridgehead atoms. The van der Waals surface area contributed by atoms with Crippen LogP contribution in [0.1, 0.15) is 38.5 Å². The lowest BCUT2D eigenvalue weighted by atomic mass is 9.98. The molecule has 23 heavy (non-hydrogen) atoms. The quantitative estimate of drug-likeness (QED) is 0.877. The van der Waals surface area contributed by atoms with Crippen LogP contribution in [0, 0.1) is 5.92 Å². The lowest BCUT2D eigenvalue weighted by Gasteiger charge is -2.22. The summed E-state index contributed by atoms with van der Waals surface area (Å²) in [6.45, 7) is 3.08. The molecular weight excluding hydrogens is 288 g/mol. The third kappa shape index (κ3) is 4.96. The molecule has 1 aliphatic carbocycles. The molecule has 3 rings (SSSR count). The fourth-order valence-electron chi connectivity index (χ4n) is 3.61. The van der Waals surface area contributed by atoms with Gasteiger partial charge in [0.25, 0.3) is 0 Å². The smallest absolute Gasteiger partial charge is 0.246 e. The van der Waals surface area contributed by atoms with Gasteiger partial charge in [-0.1, -0.05) is 37.5 Å². The highest BCUT2D eigenvalue weighted by atomic mass is 16.5. The van der Waals surface area contributed by atoms with Gasteiger partial charge in [-0.25, -0.2) is 0 Å². The van der Waals surface area contributed by atoms with Crippen LogP contribution in [0.3, 0.4) is 0 Å². The fraction of sp³-hybridized carbons (Fsp3) is 0.632. The minimum atomic E-state index is 0.0359. The molecule has 2 fully saturated rings. The highest BCUT2D eigenvalue weighted by molar-refractivity contribution is 5.77. The van der Waals surface area contributed by atoms with E-state index in [1.807, 2.05) is 6.07 Å². The van der Waals surface area contributed by atoms with Crippen molar-refractivity contribution in [3.05, 3.63) is 30.3 Å². The van der Waals surface area contributed by atoms with Crippen LogP contribution in [0.25, 0.3) is 0 Å². The molecule has 2 aliphatic rings. The number of nitrogens with zero attached hydrogens (tertiary/aromatic N) is 1. The van der Waals surface area contributed by atoms with Gasteiger partial charge in [-0.3, -0.25) is 4.79 Å². The second kappa shape index (κ2) is 8.34. The van der Waals surface area contributed by atoms with Crippen LogP contribution >= 0.6 is 0 Å². The van der Waals surface area contributed by atoms with E-state index in [-0.39, 0.29) is 12.5 Å². The number of hydrogen-bond acceptors (Lipinski definition) is 3. The zero-order valence-electron chi connectivity index (χ0n) is 13.9. The Kier molecular flexibility index (Phi) is 5.92. The van der Waals surface area contributed by atoms with Crippen molar-refractivity contribution in [3.63, 3.8) is 0 Å². The third-order valence-electron chi connectivity index (χ3n) is 5.00. The first kappa shape index (κ1) is 16.3. The molecule has 1 aromatic carbocycles. The molecule has 1 saturated heterocycles. The Balaban J connectivity index is 1.33. The van der Waals surface area contributed by atoms with Gasteiger partial charge in [0.1, 0.15) is 6.61 Å². The van der Waals surface area contributed by atoms with Crippen molar-refractivity contribution in [2.24, 2.45) is 5.92 Å². The summed E-state index contributed by atoms with van der Waals surface area (Å²) in [6, 6.07) is 10.5. The Morgan fingerprint density at radius 1 is 1.13 bits per heavy atom. The number of nitrogens with one attached hydrogen (secondary N) is 1. The predicted molar refractivity (Wildman–Crippen MR) is 92.6 cm³/mol. The molecule has 0 spiro atoms.